The average Bonchev–Trinajstić information content (AvgIpc) is 2.67. The molecule has 2 aromatic heterocycles. The van der Waals surface area contributed by atoms with Gasteiger partial charge in [0.05, 0.1) is 29.8 Å². The molecule has 0 N–H and O–H groups in total. The molecule has 0 spiro atoms. The van der Waals surface area contributed by atoms with Crippen LogP contribution in [0.2, 0.25) is 0 Å². The first kappa shape index (κ1) is 17.5. The first-order valence-corrected chi connectivity index (χ1v) is 7.30. The molecule has 0 aliphatic carbocycles. The minimum absolute atomic E-state index is 0.0779. The molecule has 3 aromatic rings. The Morgan fingerprint density at radius 1 is 1.00 bits per heavy atom. The molecule has 6 nitrogen and oxygen atoms in total. The smallest absolute Gasteiger partial charge is 0.417 e. The summed E-state index contributed by atoms with van der Waals surface area (Å²) in [7, 11) is 1.19. The molecular weight excluding hydrogens is 349 g/mol. The van der Waals surface area contributed by atoms with Crippen LogP contribution in [0.1, 0.15) is 16.2 Å². The van der Waals surface area contributed by atoms with Gasteiger partial charge in [-0.1, -0.05) is 18.2 Å². The zero-order chi connectivity index (χ0) is 18.7. The highest BCUT2D eigenvalue weighted by Crippen LogP contribution is 2.36. The summed E-state index contributed by atoms with van der Waals surface area (Å²) in [6, 6.07) is 7.96. The van der Waals surface area contributed by atoms with Crippen LogP contribution in [0.5, 0.6) is 0 Å². The summed E-state index contributed by atoms with van der Waals surface area (Å²) >= 11 is 0. The highest BCUT2D eigenvalue weighted by atomic mass is 19.4. The Kier molecular flexibility index (Phi) is 4.61. The van der Waals surface area contributed by atoms with Crippen molar-refractivity contribution in [3.63, 3.8) is 0 Å². The van der Waals surface area contributed by atoms with Crippen LogP contribution < -0.4 is 0 Å². The molecule has 0 fully saturated rings. The Bertz CT molecular complexity index is 960. The number of methoxy groups -OCH3 is 1. The van der Waals surface area contributed by atoms with E-state index in [1.165, 1.54) is 43.6 Å². The molecule has 0 saturated heterocycles. The summed E-state index contributed by atoms with van der Waals surface area (Å²) in [5.41, 5.74) is -0.289. The second kappa shape index (κ2) is 6.87. The van der Waals surface area contributed by atoms with Crippen LogP contribution in [-0.4, -0.2) is 33.0 Å². The second-order valence-corrected chi connectivity index (χ2v) is 5.09. The van der Waals surface area contributed by atoms with Crippen LogP contribution in [0.25, 0.3) is 22.6 Å². The van der Waals surface area contributed by atoms with Gasteiger partial charge in [-0.15, -0.1) is 0 Å². The fourth-order valence-corrected chi connectivity index (χ4v) is 2.29. The Morgan fingerprint density at radius 3 is 2.46 bits per heavy atom. The van der Waals surface area contributed by atoms with Gasteiger partial charge in [0, 0.05) is 11.8 Å². The van der Waals surface area contributed by atoms with Crippen molar-refractivity contribution in [1.29, 1.82) is 0 Å². The summed E-state index contributed by atoms with van der Waals surface area (Å²) < 4.78 is 44.2. The lowest BCUT2D eigenvalue weighted by Crippen LogP contribution is -2.08. The van der Waals surface area contributed by atoms with Gasteiger partial charge in [0.2, 0.25) is 5.82 Å². The van der Waals surface area contributed by atoms with E-state index >= 15 is 0 Å². The fourth-order valence-electron chi connectivity index (χ4n) is 2.29. The van der Waals surface area contributed by atoms with Gasteiger partial charge in [0.15, 0.2) is 0 Å². The van der Waals surface area contributed by atoms with Crippen LogP contribution in [-0.2, 0) is 10.9 Å². The third-order valence-electron chi connectivity index (χ3n) is 3.46. The molecule has 0 bridgehead atoms. The predicted octanol–water partition coefficient (Wildman–Crippen LogP) is 3.41. The van der Waals surface area contributed by atoms with E-state index in [0.717, 1.165) is 12.4 Å². The molecule has 0 amide bonds. The average molecular weight is 360 g/mol. The summed E-state index contributed by atoms with van der Waals surface area (Å²) in [4.78, 5) is 27.3. The number of hydrogen-bond donors (Lipinski definition) is 0. The first-order chi connectivity index (χ1) is 12.4. The molecule has 9 heteroatoms. The van der Waals surface area contributed by atoms with E-state index in [1.54, 1.807) is 0 Å². The maximum atomic E-state index is 13.2. The van der Waals surface area contributed by atoms with Gasteiger partial charge in [0.1, 0.15) is 6.33 Å². The lowest BCUT2D eigenvalue weighted by atomic mass is 10.0. The van der Waals surface area contributed by atoms with E-state index in [1.807, 2.05) is 0 Å². The lowest BCUT2D eigenvalue weighted by Gasteiger charge is -2.12. The Hall–Kier alpha value is -3.36. The van der Waals surface area contributed by atoms with Crippen LogP contribution in [0, 0.1) is 0 Å². The normalized spacial score (nSPS) is 11.2. The molecular formula is C17H11F3N4O2. The van der Waals surface area contributed by atoms with E-state index in [-0.39, 0.29) is 28.5 Å². The summed E-state index contributed by atoms with van der Waals surface area (Å²) in [6.45, 7) is 0. The Labute approximate surface area is 145 Å². The third-order valence-corrected chi connectivity index (χ3v) is 3.46. The topological polar surface area (TPSA) is 77.9 Å². The van der Waals surface area contributed by atoms with Crippen molar-refractivity contribution in [2.45, 2.75) is 6.18 Å². The van der Waals surface area contributed by atoms with Crippen molar-refractivity contribution in [2.75, 3.05) is 7.11 Å². The number of alkyl halides is 3. The van der Waals surface area contributed by atoms with Crippen LogP contribution in [0.4, 0.5) is 13.2 Å². The Balaban J connectivity index is 2.07. The highest BCUT2D eigenvalue weighted by molar-refractivity contribution is 5.85. The molecule has 0 unspecified atom stereocenters. The molecule has 0 saturated carbocycles. The number of halogens is 3. The van der Waals surface area contributed by atoms with Gasteiger partial charge >= 0.3 is 12.1 Å². The number of carbonyl (C=O) groups is 1. The molecule has 132 valence electrons. The van der Waals surface area contributed by atoms with Crippen molar-refractivity contribution < 1.29 is 22.7 Å². The molecule has 0 atom stereocenters. The van der Waals surface area contributed by atoms with Crippen molar-refractivity contribution in [3.05, 3.63) is 60.3 Å². The van der Waals surface area contributed by atoms with E-state index in [0.29, 0.717) is 0 Å². The molecule has 2 heterocycles. The number of carbonyl (C=O) groups excluding carboxylic acids is 1. The predicted molar refractivity (Wildman–Crippen MR) is 84.8 cm³/mol. The van der Waals surface area contributed by atoms with Gasteiger partial charge < -0.3 is 4.74 Å². The first-order valence-electron chi connectivity index (χ1n) is 7.30. The fraction of sp³-hybridized carbons (Fsp3) is 0.118. The van der Waals surface area contributed by atoms with Crippen molar-refractivity contribution in [2.24, 2.45) is 0 Å². The second-order valence-electron chi connectivity index (χ2n) is 5.09. The molecule has 0 radical (unpaired) electrons. The third kappa shape index (κ3) is 3.51. The number of esters is 1. The largest absolute Gasteiger partial charge is 0.463 e. The van der Waals surface area contributed by atoms with E-state index < -0.39 is 17.7 Å². The standard InChI is InChI=1S/C17H11F3N4O2/c1-26-16(25)15-21-7-6-12(24-15)14-8-13(22-9-23-14)10-4-2-3-5-11(10)17(18,19)20/h2-9H,1H3. The number of ether oxygens (including phenoxy) is 1. The Morgan fingerprint density at radius 2 is 1.73 bits per heavy atom. The zero-order valence-corrected chi connectivity index (χ0v) is 13.4. The maximum absolute atomic E-state index is 13.2. The molecule has 3 rings (SSSR count). The van der Waals surface area contributed by atoms with Gasteiger partial charge in [-0.2, -0.15) is 13.2 Å². The number of rotatable bonds is 3. The monoisotopic (exact) mass is 360 g/mol. The van der Waals surface area contributed by atoms with Crippen molar-refractivity contribution >= 4 is 5.97 Å². The number of hydrogen-bond acceptors (Lipinski definition) is 6. The van der Waals surface area contributed by atoms with E-state index in [9.17, 15) is 18.0 Å². The minimum Gasteiger partial charge on any atom is -0.463 e. The lowest BCUT2D eigenvalue weighted by molar-refractivity contribution is -0.137. The number of benzene rings is 1. The molecule has 0 aliphatic rings. The van der Waals surface area contributed by atoms with Crippen LogP contribution in [0.15, 0.2) is 48.9 Å². The summed E-state index contributed by atoms with van der Waals surface area (Å²) in [6.07, 6.45) is -2.05. The van der Waals surface area contributed by atoms with Gasteiger partial charge in [0.25, 0.3) is 0 Å². The molecule has 0 aliphatic heterocycles. The maximum Gasteiger partial charge on any atom is 0.417 e. The summed E-state index contributed by atoms with van der Waals surface area (Å²) in [5, 5.41) is 0. The van der Waals surface area contributed by atoms with E-state index in [2.05, 4.69) is 24.7 Å². The van der Waals surface area contributed by atoms with Crippen LogP contribution in [0.3, 0.4) is 0 Å². The number of nitrogens with zero attached hydrogens (tertiary/aromatic N) is 4. The zero-order valence-electron chi connectivity index (χ0n) is 13.4. The number of aromatic nitrogens is 4. The minimum atomic E-state index is -4.52. The molecule has 26 heavy (non-hydrogen) atoms. The van der Waals surface area contributed by atoms with Gasteiger partial charge in [-0.05, 0) is 18.2 Å². The van der Waals surface area contributed by atoms with Crippen molar-refractivity contribution in [1.82, 2.24) is 19.9 Å². The molecule has 1 aromatic carbocycles. The summed E-state index contributed by atoms with van der Waals surface area (Å²) in [5.74, 6) is -0.913. The SMILES string of the molecule is COC(=O)c1nccc(-c2cc(-c3ccccc3C(F)(F)F)ncn2)n1. The van der Waals surface area contributed by atoms with E-state index in [4.69, 9.17) is 0 Å². The van der Waals surface area contributed by atoms with Crippen molar-refractivity contribution in [3.8, 4) is 22.6 Å². The van der Waals surface area contributed by atoms with Gasteiger partial charge in [-0.3, -0.25) is 0 Å². The van der Waals surface area contributed by atoms with Crippen LogP contribution >= 0.6 is 0 Å². The highest BCUT2D eigenvalue weighted by Gasteiger charge is 2.33. The quantitative estimate of drug-likeness (QED) is 0.666. The van der Waals surface area contributed by atoms with Gasteiger partial charge in [-0.25, -0.2) is 24.7 Å².